The maximum Gasteiger partial charge on any atom is 0.133 e. The van der Waals surface area contributed by atoms with Crippen molar-refractivity contribution in [1.82, 2.24) is 14.8 Å². The Morgan fingerprint density at radius 2 is 1.88 bits per heavy atom. The Kier molecular flexibility index (Phi) is 4.17. The van der Waals surface area contributed by atoms with E-state index < -0.39 is 0 Å². The molecular weight excluding hydrogens is 343 g/mol. The van der Waals surface area contributed by atoms with Crippen LogP contribution < -0.4 is 5.32 Å². The fraction of sp³-hybridized carbons (Fsp3) is 0.222. The quantitative estimate of drug-likeness (QED) is 0.701. The van der Waals surface area contributed by atoms with Crippen LogP contribution in [0.1, 0.15) is 18.4 Å². The highest BCUT2D eigenvalue weighted by Gasteiger charge is 2.22. The third-order valence-corrected chi connectivity index (χ3v) is 4.57. The third kappa shape index (κ3) is 2.87. The maximum atomic E-state index is 6.18. The van der Waals surface area contributed by atoms with Gasteiger partial charge in [-0.2, -0.15) is 5.10 Å². The van der Waals surface area contributed by atoms with Crippen molar-refractivity contribution in [2.45, 2.75) is 19.3 Å². The van der Waals surface area contributed by atoms with E-state index in [0.29, 0.717) is 10.0 Å². The minimum absolute atomic E-state index is 0.592. The van der Waals surface area contributed by atoms with Gasteiger partial charge < -0.3 is 5.32 Å². The molecule has 1 aromatic carbocycles. The summed E-state index contributed by atoms with van der Waals surface area (Å²) in [7, 11) is 0. The predicted octanol–water partition coefficient (Wildman–Crippen LogP) is 4.99. The molecule has 4 nitrogen and oxygen atoms in total. The van der Waals surface area contributed by atoms with E-state index in [1.807, 2.05) is 35.0 Å². The van der Waals surface area contributed by atoms with Gasteiger partial charge in [-0.05, 0) is 49.6 Å². The summed E-state index contributed by atoms with van der Waals surface area (Å²) < 4.78 is 1.89. The van der Waals surface area contributed by atoms with Crippen molar-refractivity contribution in [2.75, 3.05) is 11.9 Å². The Labute approximate surface area is 150 Å². The molecule has 3 heterocycles. The zero-order valence-electron chi connectivity index (χ0n) is 13.0. The lowest BCUT2D eigenvalue weighted by Gasteiger charge is -2.10. The molecule has 0 saturated carbocycles. The number of nitrogens with one attached hydrogen (secondary N) is 1. The first-order valence-electron chi connectivity index (χ1n) is 7.96. The van der Waals surface area contributed by atoms with Crippen molar-refractivity contribution in [2.24, 2.45) is 0 Å². The number of halogens is 2. The minimum Gasteiger partial charge on any atom is -0.370 e. The molecule has 4 rings (SSSR count). The summed E-state index contributed by atoms with van der Waals surface area (Å²) in [5.74, 6) is 1.01. The van der Waals surface area contributed by atoms with E-state index in [1.165, 1.54) is 5.56 Å². The van der Waals surface area contributed by atoms with Crippen molar-refractivity contribution in [3.63, 3.8) is 0 Å². The van der Waals surface area contributed by atoms with Gasteiger partial charge in [-0.25, -0.2) is 4.68 Å². The van der Waals surface area contributed by atoms with Gasteiger partial charge >= 0.3 is 0 Å². The number of benzene rings is 1. The topological polar surface area (TPSA) is 42.7 Å². The molecule has 0 unspecified atom stereocenters. The van der Waals surface area contributed by atoms with Crippen LogP contribution >= 0.6 is 23.2 Å². The van der Waals surface area contributed by atoms with E-state index in [1.54, 1.807) is 12.3 Å². The molecule has 6 heteroatoms. The molecule has 0 saturated heterocycles. The molecule has 0 aliphatic carbocycles. The van der Waals surface area contributed by atoms with Crippen molar-refractivity contribution in [3.05, 3.63) is 58.2 Å². The number of aromatic nitrogens is 3. The number of hydrogen-bond donors (Lipinski definition) is 1. The summed E-state index contributed by atoms with van der Waals surface area (Å²) in [6.07, 6.45) is 5.03. The van der Waals surface area contributed by atoms with Gasteiger partial charge in [-0.15, -0.1) is 0 Å². The lowest BCUT2D eigenvalue weighted by Crippen LogP contribution is -2.07. The lowest BCUT2D eigenvalue weighted by molar-refractivity contribution is 0.779. The van der Waals surface area contributed by atoms with Crippen LogP contribution in [-0.2, 0) is 6.42 Å². The molecule has 2 aromatic heterocycles. The highest BCUT2D eigenvalue weighted by Crippen LogP contribution is 2.34. The van der Waals surface area contributed by atoms with E-state index in [-0.39, 0.29) is 0 Å². The average molecular weight is 359 g/mol. The molecule has 1 aliphatic heterocycles. The van der Waals surface area contributed by atoms with Crippen molar-refractivity contribution in [3.8, 4) is 17.1 Å². The van der Waals surface area contributed by atoms with Gasteiger partial charge in [-0.1, -0.05) is 29.3 Å². The molecule has 122 valence electrons. The number of anilines is 1. The monoisotopic (exact) mass is 358 g/mol. The molecule has 3 aromatic rings. The van der Waals surface area contributed by atoms with Crippen LogP contribution in [0.15, 0.2) is 42.6 Å². The Morgan fingerprint density at radius 3 is 2.62 bits per heavy atom. The summed E-state index contributed by atoms with van der Waals surface area (Å²) in [6.45, 7) is 0.925. The second-order valence-electron chi connectivity index (χ2n) is 5.81. The summed E-state index contributed by atoms with van der Waals surface area (Å²) in [4.78, 5) is 4.47. The van der Waals surface area contributed by atoms with E-state index in [4.69, 9.17) is 28.3 Å². The molecule has 0 atom stereocenters. The molecule has 0 radical (unpaired) electrons. The normalized spacial score (nSPS) is 13.9. The Hall–Kier alpha value is -2.04. The third-order valence-electron chi connectivity index (χ3n) is 4.13. The van der Waals surface area contributed by atoms with Gasteiger partial charge in [0.2, 0.25) is 0 Å². The smallest absolute Gasteiger partial charge is 0.133 e. The fourth-order valence-electron chi connectivity index (χ4n) is 3.06. The average Bonchev–Trinajstić information content (AvgIpc) is 2.76. The molecule has 0 bridgehead atoms. The summed E-state index contributed by atoms with van der Waals surface area (Å²) in [6, 6.07) is 11.3. The van der Waals surface area contributed by atoms with Crippen LogP contribution in [0.3, 0.4) is 0 Å². The van der Waals surface area contributed by atoms with Crippen LogP contribution in [0, 0.1) is 0 Å². The molecular formula is C18H16Cl2N4. The summed E-state index contributed by atoms with van der Waals surface area (Å²) in [5.41, 5.74) is 3.84. The molecule has 0 amide bonds. The first kappa shape index (κ1) is 15.5. The number of fused-ring (bicyclic) bond motifs is 1. The Balaban J connectivity index is 1.93. The summed E-state index contributed by atoms with van der Waals surface area (Å²) >= 11 is 12.4. The zero-order chi connectivity index (χ0) is 16.5. The SMILES string of the molecule is Clc1cc(Cl)cc(-n2nc(-c3ccccn3)c3c2NCCCC3)c1. The number of pyridine rings is 1. The van der Waals surface area contributed by atoms with Crippen LogP contribution in [0.2, 0.25) is 10.0 Å². The van der Waals surface area contributed by atoms with Crippen molar-refractivity contribution in [1.29, 1.82) is 0 Å². The molecule has 0 spiro atoms. The maximum absolute atomic E-state index is 6.18. The first-order valence-corrected chi connectivity index (χ1v) is 8.71. The van der Waals surface area contributed by atoms with E-state index in [2.05, 4.69) is 10.3 Å². The van der Waals surface area contributed by atoms with Crippen LogP contribution in [0.5, 0.6) is 0 Å². The predicted molar refractivity (Wildman–Crippen MR) is 98.2 cm³/mol. The van der Waals surface area contributed by atoms with Gasteiger partial charge in [0.05, 0.1) is 11.4 Å². The number of hydrogen-bond acceptors (Lipinski definition) is 3. The summed E-state index contributed by atoms with van der Waals surface area (Å²) in [5, 5.41) is 9.52. The number of rotatable bonds is 2. The second-order valence-corrected chi connectivity index (χ2v) is 6.69. The van der Waals surface area contributed by atoms with E-state index >= 15 is 0 Å². The molecule has 1 N–H and O–H groups in total. The second kappa shape index (κ2) is 6.46. The Bertz CT molecular complexity index is 854. The van der Waals surface area contributed by atoms with E-state index in [9.17, 15) is 0 Å². The number of nitrogens with zero attached hydrogens (tertiary/aromatic N) is 3. The Morgan fingerprint density at radius 1 is 1.04 bits per heavy atom. The molecule has 24 heavy (non-hydrogen) atoms. The van der Waals surface area contributed by atoms with Crippen LogP contribution in [-0.4, -0.2) is 21.3 Å². The molecule has 0 fully saturated rings. The van der Waals surface area contributed by atoms with Crippen molar-refractivity contribution < 1.29 is 0 Å². The lowest BCUT2D eigenvalue weighted by atomic mass is 10.1. The van der Waals surface area contributed by atoms with Crippen LogP contribution in [0.25, 0.3) is 17.1 Å². The van der Waals surface area contributed by atoms with Gasteiger partial charge in [0.15, 0.2) is 0 Å². The van der Waals surface area contributed by atoms with Crippen molar-refractivity contribution >= 4 is 29.0 Å². The van der Waals surface area contributed by atoms with Gasteiger partial charge in [0.1, 0.15) is 11.5 Å². The zero-order valence-corrected chi connectivity index (χ0v) is 14.5. The largest absolute Gasteiger partial charge is 0.370 e. The fourth-order valence-corrected chi connectivity index (χ4v) is 3.57. The highest BCUT2D eigenvalue weighted by molar-refractivity contribution is 6.34. The van der Waals surface area contributed by atoms with Gasteiger partial charge in [-0.3, -0.25) is 4.98 Å². The first-order chi connectivity index (χ1) is 11.7. The standard InChI is InChI=1S/C18H16Cl2N4/c19-12-9-13(20)11-14(10-12)24-18-15(5-1-3-8-22-18)17(23-24)16-6-2-4-7-21-16/h2,4,6-7,9-11,22H,1,3,5,8H2. The minimum atomic E-state index is 0.592. The highest BCUT2D eigenvalue weighted by atomic mass is 35.5. The van der Waals surface area contributed by atoms with Gasteiger partial charge in [0, 0.05) is 28.4 Å². The molecule has 1 aliphatic rings. The van der Waals surface area contributed by atoms with Gasteiger partial charge in [0.25, 0.3) is 0 Å². The van der Waals surface area contributed by atoms with E-state index in [0.717, 1.165) is 48.7 Å². The van der Waals surface area contributed by atoms with Crippen LogP contribution in [0.4, 0.5) is 5.82 Å².